The largest absolute Gasteiger partial charge is 0.496 e. The molecule has 1 amide bonds. The zero-order chi connectivity index (χ0) is 24.9. The Kier molecular flexibility index (Phi) is 8.23. The summed E-state index contributed by atoms with van der Waals surface area (Å²) < 4.78 is 33.4. The summed E-state index contributed by atoms with van der Waals surface area (Å²) in [7, 11) is -2.39. The summed E-state index contributed by atoms with van der Waals surface area (Å²) in [5.41, 5.74) is 3.01. The fourth-order valence-corrected chi connectivity index (χ4v) is 5.29. The first-order valence-electron chi connectivity index (χ1n) is 10.9. The van der Waals surface area contributed by atoms with E-state index in [1.54, 1.807) is 43.5 Å². The average molecular weight is 501 g/mol. The monoisotopic (exact) mass is 500 g/mol. The van der Waals surface area contributed by atoms with Gasteiger partial charge in [0.2, 0.25) is 5.91 Å². The molecule has 0 saturated carbocycles. The molecule has 0 aromatic heterocycles. The second kappa shape index (κ2) is 10.9. The number of rotatable bonds is 9. The quantitative estimate of drug-likeness (QED) is 0.425. The van der Waals surface area contributed by atoms with Crippen LogP contribution in [0, 0.1) is 13.8 Å². The van der Waals surface area contributed by atoms with Crippen LogP contribution in [0.15, 0.2) is 71.6 Å². The molecule has 0 aliphatic carbocycles. The number of nitrogens with zero attached hydrogens (tertiary/aromatic N) is 1. The second-order valence-corrected chi connectivity index (χ2v) is 10.3. The number of anilines is 1. The van der Waals surface area contributed by atoms with E-state index >= 15 is 0 Å². The van der Waals surface area contributed by atoms with E-state index in [-0.39, 0.29) is 17.5 Å². The van der Waals surface area contributed by atoms with Crippen LogP contribution in [0.4, 0.5) is 5.69 Å². The molecule has 6 nitrogen and oxygen atoms in total. The van der Waals surface area contributed by atoms with Crippen molar-refractivity contribution in [3.8, 4) is 5.75 Å². The Labute approximate surface area is 206 Å². The molecule has 8 heteroatoms. The van der Waals surface area contributed by atoms with Gasteiger partial charge in [-0.15, -0.1) is 0 Å². The van der Waals surface area contributed by atoms with Gasteiger partial charge >= 0.3 is 0 Å². The van der Waals surface area contributed by atoms with Crippen molar-refractivity contribution in [1.82, 2.24) is 5.32 Å². The van der Waals surface area contributed by atoms with Crippen molar-refractivity contribution in [3.63, 3.8) is 0 Å². The van der Waals surface area contributed by atoms with Gasteiger partial charge in [-0.2, -0.15) is 0 Å². The first-order valence-corrected chi connectivity index (χ1v) is 12.8. The molecule has 0 saturated heterocycles. The molecule has 1 N–H and O–H groups in total. The molecule has 0 spiro atoms. The van der Waals surface area contributed by atoms with Crippen molar-refractivity contribution in [3.05, 3.63) is 88.4 Å². The fraction of sp³-hybridized carbons (Fsp3) is 0.269. The zero-order valence-corrected chi connectivity index (χ0v) is 21.3. The molecule has 0 heterocycles. The van der Waals surface area contributed by atoms with Crippen LogP contribution >= 0.6 is 11.6 Å². The van der Waals surface area contributed by atoms with Gasteiger partial charge in [0.05, 0.1) is 23.7 Å². The third-order valence-electron chi connectivity index (χ3n) is 5.63. The van der Waals surface area contributed by atoms with E-state index < -0.39 is 15.9 Å². The Balaban J connectivity index is 1.92. The first kappa shape index (κ1) is 25.6. The Morgan fingerprint density at radius 3 is 2.32 bits per heavy atom. The number of sulfonamides is 1. The van der Waals surface area contributed by atoms with E-state index in [4.69, 9.17) is 16.3 Å². The molecule has 3 aromatic carbocycles. The van der Waals surface area contributed by atoms with Crippen LogP contribution < -0.4 is 14.4 Å². The molecule has 0 aliphatic heterocycles. The van der Waals surface area contributed by atoms with E-state index in [2.05, 4.69) is 5.32 Å². The van der Waals surface area contributed by atoms with Crippen molar-refractivity contribution in [2.24, 2.45) is 0 Å². The Hall–Kier alpha value is -3.03. The Morgan fingerprint density at radius 2 is 1.74 bits per heavy atom. The predicted molar refractivity (Wildman–Crippen MR) is 136 cm³/mol. The van der Waals surface area contributed by atoms with Crippen molar-refractivity contribution < 1.29 is 17.9 Å². The molecule has 0 fully saturated rings. The van der Waals surface area contributed by atoms with Crippen LogP contribution in [0.3, 0.4) is 0 Å². The molecule has 0 radical (unpaired) electrons. The van der Waals surface area contributed by atoms with Crippen molar-refractivity contribution in [2.75, 3.05) is 18.0 Å². The molecular weight excluding hydrogens is 472 g/mol. The maximum atomic E-state index is 13.5. The minimum atomic E-state index is -4.00. The topological polar surface area (TPSA) is 75.7 Å². The summed E-state index contributed by atoms with van der Waals surface area (Å²) >= 11 is 6.28. The molecule has 0 aliphatic rings. The van der Waals surface area contributed by atoms with Crippen LogP contribution in [0.5, 0.6) is 5.75 Å². The maximum Gasteiger partial charge on any atom is 0.264 e. The van der Waals surface area contributed by atoms with Gasteiger partial charge in [0.15, 0.2) is 0 Å². The molecule has 1 atom stereocenters. The highest BCUT2D eigenvalue weighted by Gasteiger charge is 2.28. The fourth-order valence-electron chi connectivity index (χ4n) is 3.68. The van der Waals surface area contributed by atoms with Gasteiger partial charge in [0.1, 0.15) is 12.3 Å². The van der Waals surface area contributed by atoms with Gasteiger partial charge in [-0.25, -0.2) is 8.42 Å². The summed E-state index contributed by atoms with van der Waals surface area (Å²) in [6.45, 7) is 5.34. The number of hydrogen-bond donors (Lipinski definition) is 1. The minimum Gasteiger partial charge on any atom is -0.496 e. The van der Waals surface area contributed by atoms with Gasteiger partial charge < -0.3 is 10.1 Å². The van der Waals surface area contributed by atoms with Crippen LogP contribution in [0.2, 0.25) is 5.02 Å². The summed E-state index contributed by atoms with van der Waals surface area (Å²) in [4.78, 5) is 13.2. The molecular formula is C26H29ClN2O4S. The lowest BCUT2D eigenvalue weighted by molar-refractivity contribution is -0.120. The summed E-state index contributed by atoms with van der Waals surface area (Å²) in [5, 5.41) is 3.40. The maximum absolute atomic E-state index is 13.5. The highest BCUT2D eigenvalue weighted by molar-refractivity contribution is 7.92. The van der Waals surface area contributed by atoms with Gasteiger partial charge in [0, 0.05) is 5.02 Å². The van der Waals surface area contributed by atoms with Gasteiger partial charge in [0.25, 0.3) is 10.0 Å². The van der Waals surface area contributed by atoms with Gasteiger partial charge in [-0.05, 0) is 67.3 Å². The van der Waals surface area contributed by atoms with Crippen molar-refractivity contribution in [1.29, 1.82) is 0 Å². The lowest BCUT2D eigenvalue weighted by Crippen LogP contribution is -2.42. The molecule has 34 heavy (non-hydrogen) atoms. The van der Waals surface area contributed by atoms with E-state index in [9.17, 15) is 13.2 Å². The molecule has 0 unspecified atom stereocenters. The number of hydrogen-bond acceptors (Lipinski definition) is 4. The molecule has 180 valence electrons. The van der Waals surface area contributed by atoms with Crippen LogP contribution in [-0.2, 0) is 14.8 Å². The molecule has 3 rings (SSSR count). The zero-order valence-electron chi connectivity index (χ0n) is 19.7. The van der Waals surface area contributed by atoms with Crippen LogP contribution in [-0.4, -0.2) is 28.0 Å². The summed E-state index contributed by atoms with van der Waals surface area (Å²) in [5.74, 6) is 0.345. The van der Waals surface area contributed by atoms with Crippen molar-refractivity contribution in [2.45, 2.75) is 38.1 Å². The number of ether oxygens (including phenoxy) is 1. The third kappa shape index (κ3) is 5.72. The number of amides is 1. The normalized spacial score (nSPS) is 12.1. The number of halogens is 1. The Morgan fingerprint density at radius 1 is 1.03 bits per heavy atom. The van der Waals surface area contributed by atoms with E-state index in [0.717, 1.165) is 26.7 Å². The average Bonchev–Trinajstić information content (AvgIpc) is 2.83. The molecule has 0 bridgehead atoms. The van der Waals surface area contributed by atoms with E-state index in [1.165, 1.54) is 12.1 Å². The number of benzene rings is 3. The van der Waals surface area contributed by atoms with E-state index in [0.29, 0.717) is 17.1 Å². The highest BCUT2D eigenvalue weighted by Crippen LogP contribution is 2.29. The SMILES string of the molecule is CC[C@H](NC(=O)CN(c1ccc(C)c(Cl)c1)S(=O)(=O)c1ccccc1)c1ccc(OC)c(C)c1. The van der Waals surface area contributed by atoms with Crippen LogP contribution in [0.1, 0.15) is 36.1 Å². The Bertz CT molecular complexity index is 1260. The predicted octanol–water partition coefficient (Wildman–Crippen LogP) is 5.43. The first-order chi connectivity index (χ1) is 16.2. The number of methoxy groups -OCH3 is 1. The number of nitrogens with one attached hydrogen (secondary N) is 1. The van der Waals surface area contributed by atoms with E-state index in [1.807, 2.05) is 39.0 Å². The minimum absolute atomic E-state index is 0.0947. The summed E-state index contributed by atoms with van der Waals surface area (Å²) in [6, 6.07) is 18.4. The second-order valence-electron chi connectivity index (χ2n) is 8.02. The highest BCUT2D eigenvalue weighted by atomic mass is 35.5. The number of aryl methyl sites for hydroxylation is 2. The van der Waals surface area contributed by atoms with Crippen molar-refractivity contribution >= 4 is 33.2 Å². The van der Waals surface area contributed by atoms with Gasteiger partial charge in [-0.1, -0.05) is 54.9 Å². The van der Waals surface area contributed by atoms with Crippen LogP contribution in [0.25, 0.3) is 0 Å². The smallest absolute Gasteiger partial charge is 0.264 e. The molecule has 3 aromatic rings. The lowest BCUT2D eigenvalue weighted by atomic mass is 10.0. The summed E-state index contributed by atoms with van der Waals surface area (Å²) in [6.07, 6.45) is 0.638. The van der Waals surface area contributed by atoms with Gasteiger partial charge in [-0.3, -0.25) is 9.10 Å². The number of carbonyl (C=O) groups excluding carboxylic acids is 1. The number of carbonyl (C=O) groups is 1. The third-order valence-corrected chi connectivity index (χ3v) is 7.82. The standard InChI is InChI=1S/C26H29ClN2O4S/c1-5-24(20-12-14-25(33-4)19(3)15-20)28-26(30)17-29(21-13-11-18(2)23(27)16-21)34(31,32)22-9-7-6-8-10-22/h6-16,24H,5,17H2,1-4H3,(H,28,30)/t24-/m0/s1. The lowest BCUT2D eigenvalue weighted by Gasteiger charge is -2.26.